The molecule has 0 saturated carbocycles. The molecule has 8 heteroatoms. The molecular formula is C5H11ClN4O2S. The predicted octanol–water partition coefficient (Wildman–Crippen LogP) is -1.05. The lowest BCUT2D eigenvalue weighted by atomic mass is 10.4. The summed E-state index contributed by atoms with van der Waals surface area (Å²) in [4.78, 5) is -0.00694. The van der Waals surface area contributed by atoms with Gasteiger partial charge in [-0.15, -0.1) is 12.4 Å². The summed E-state index contributed by atoms with van der Waals surface area (Å²) in [5, 5.41) is 8.74. The summed E-state index contributed by atoms with van der Waals surface area (Å²) in [6.07, 6.45) is 1.33. The van der Waals surface area contributed by atoms with Crippen molar-refractivity contribution in [3.8, 4) is 0 Å². The molecule has 13 heavy (non-hydrogen) atoms. The van der Waals surface area contributed by atoms with Crippen molar-refractivity contribution in [1.82, 2.24) is 9.78 Å². The predicted molar refractivity (Wildman–Crippen MR) is 49.7 cm³/mol. The lowest BCUT2D eigenvalue weighted by Crippen LogP contribution is -2.14. The van der Waals surface area contributed by atoms with Crippen LogP contribution in [0.3, 0.4) is 0 Å². The molecule has 0 spiro atoms. The normalized spacial score (nSPS) is 11.0. The Morgan fingerprint density at radius 1 is 1.62 bits per heavy atom. The number of nitrogens with two attached hydrogens (primary N) is 2. The van der Waals surface area contributed by atoms with Gasteiger partial charge in [-0.25, -0.2) is 13.6 Å². The minimum atomic E-state index is -3.69. The Bertz CT molecular complexity index is 385. The van der Waals surface area contributed by atoms with Crippen LogP contribution >= 0.6 is 12.4 Å². The lowest BCUT2D eigenvalue weighted by Gasteiger charge is -1.93. The molecule has 1 aromatic heterocycles. The van der Waals surface area contributed by atoms with Crippen molar-refractivity contribution in [3.63, 3.8) is 0 Å². The van der Waals surface area contributed by atoms with E-state index in [0.717, 1.165) is 0 Å². The molecule has 0 aromatic carbocycles. The molecule has 0 saturated heterocycles. The number of aromatic nitrogens is 2. The van der Waals surface area contributed by atoms with E-state index in [9.17, 15) is 8.42 Å². The summed E-state index contributed by atoms with van der Waals surface area (Å²) in [5.74, 6) is 0. The molecule has 0 bridgehead atoms. The molecule has 6 nitrogen and oxygen atoms in total. The highest BCUT2D eigenvalue weighted by Crippen LogP contribution is 2.10. The van der Waals surface area contributed by atoms with Crippen LogP contribution in [0.5, 0.6) is 0 Å². The molecule has 0 fully saturated rings. The van der Waals surface area contributed by atoms with Gasteiger partial charge in [-0.1, -0.05) is 0 Å². The molecule has 0 amide bonds. The number of hydrogen-bond donors (Lipinski definition) is 2. The van der Waals surface area contributed by atoms with Gasteiger partial charge in [0.25, 0.3) is 0 Å². The van der Waals surface area contributed by atoms with Crippen LogP contribution in [0.25, 0.3) is 0 Å². The van der Waals surface area contributed by atoms with Gasteiger partial charge in [0.2, 0.25) is 10.0 Å². The smallest absolute Gasteiger partial charge is 0.241 e. The van der Waals surface area contributed by atoms with Crippen LogP contribution in [0.15, 0.2) is 11.1 Å². The van der Waals surface area contributed by atoms with Gasteiger partial charge in [-0.2, -0.15) is 5.10 Å². The average molecular weight is 227 g/mol. The lowest BCUT2D eigenvalue weighted by molar-refractivity contribution is 0.596. The third kappa shape index (κ3) is 2.66. The molecule has 0 aliphatic carbocycles. The van der Waals surface area contributed by atoms with Crippen LogP contribution < -0.4 is 10.9 Å². The maximum Gasteiger partial charge on any atom is 0.241 e. The van der Waals surface area contributed by atoms with Crippen molar-refractivity contribution in [1.29, 1.82) is 0 Å². The van der Waals surface area contributed by atoms with E-state index in [1.165, 1.54) is 10.9 Å². The van der Waals surface area contributed by atoms with Crippen molar-refractivity contribution in [2.24, 2.45) is 17.9 Å². The number of aryl methyl sites for hydroxylation is 1. The molecule has 76 valence electrons. The van der Waals surface area contributed by atoms with E-state index in [-0.39, 0.29) is 23.8 Å². The second kappa shape index (κ2) is 4.05. The Morgan fingerprint density at radius 2 is 2.15 bits per heavy atom. The maximum absolute atomic E-state index is 10.9. The highest BCUT2D eigenvalue weighted by Gasteiger charge is 2.16. The van der Waals surface area contributed by atoms with E-state index in [4.69, 9.17) is 10.9 Å². The summed E-state index contributed by atoms with van der Waals surface area (Å²) in [6, 6.07) is 0. The fraction of sp³-hybridized carbons (Fsp3) is 0.400. The Balaban J connectivity index is 0.00000144. The van der Waals surface area contributed by atoms with E-state index in [1.54, 1.807) is 7.05 Å². The zero-order chi connectivity index (χ0) is 9.35. The second-order valence-corrected chi connectivity index (χ2v) is 3.89. The number of hydrogen-bond acceptors (Lipinski definition) is 4. The number of primary sulfonamides is 1. The number of halogens is 1. The quantitative estimate of drug-likeness (QED) is 0.671. The molecule has 1 aromatic rings. The van der Waals surface area contributed by atoms with Crippen LogP contribution in [0.4, 0.5) is 0 Å². The van der Waals surface area contributed by atoms with Crippen LogP contribution in [-0.2, 0) is 23.6 Å². The zero-order valence-electron chi connectivity index (χ0n) is 6.97. The van der Waals surface area contributed by atoms with Gasteiger partial charge in [-0.05, 0) is 0 Å². The van der Waals surface area contributed by atoms with Crippen molar-refractivity contribution in [2.75, 3.05) is 0 Å². The molecular weight excluding hydrogens is 216 g/mol. The molecule has 0 aliphatic heterocycles. The molecule has 4 N–H and O–H groups in total. The molecule has 0 atom stereocenters. The van der Waals surface area contributed by atoms with Crippen molar-refractivity contribution < 1.29 is 8.42 Å². The zero-order valence-corrected chi connectivity index (χ0v) is 8.60. The monoisotopic (exact) mass is 226 g/mol. The minimum Gasteiger partial charge on any atom is -0.325 e. The Hall–Kier alpha value is -0.630. The minimum absolute atomic E-state index is 0. The van der Waals surface area contributed by atoms with Crippen molar-refractivity contribution in [3.05, 3.63) is 11.9 Å². The fourth-order valence-corrected chi connectivity index (χ4v) is 1.64. The first-order valence-corrected chi connectivity index (χ1v) is 4.75. The molecule has 1 rings (SSSR count). The van der Waals surface area contributed by atoms with Gasteiger partial charge in [0.15, 0.2) is 0 Å². The SMILES string of the molecule is Cl.Cn1cc(S(N)(=O)=O)c(CN)n1. The third-order valence-corrected chi connectivity index (χ3v) is 2.32. The summed E-state index contributed by atoms with van der Waals surface area (Å²) >= 11 is 0. The van der Waals surface area contributed by atoms with Crippen molar-refractivity contribution >= 4 is 22.4 Å². The standard InChI is InChI=1S/C5H10N4O2S.ClH/c1-9-3-5(12(7,10)11)4(2-6)8-9;/h3H,2,6H2,1H3,(H2,7,10,11);1H. The van der Waals surface area contributed by atoms with E-state index in [0.29, 0.717) is 5.69 Å². The highest BCUT2D eigenvalue weighted by atomic mass is 35.5. The van der Waals surface area contributed by atoms with Gasteiger partial charge in [-0.3, -0.25) is 4.68 Å². The second-order valence-electron chi connectivity index (χ2n) is 2.36. The van der Waals surface area contributed by atoms with Gasteiger partial charge in [0.05, 0.1) is 5.69 Å². The largest absolute Gasteiger partial charge is 0.325 e. The van der Waals surface area contributed by atoms with Gasteiger partial charge < -0.3 is 5.73 Å². The number of sulfonamides is 1. The summed E-state index contributed by atoms with van der Waals surface area (Å²) in [5.41, 5.74) is 5.56. The maximum atomic E-state index is 10.9. The third-order valence-electron chi connectivity index (χ3n) is 1.37. The van der Waals surface area contributed by atoms with Crippen molar-refractivity contribution in [2.45, 2.75) is 11.4 Å². The topological polar surface area (TPSA) is 104 Å². The highest BCUT2D eigenvalue weighted by molar-refractivity contribution is 7.89. The first kappa shape index (κ1) is 12.4. The summed E-state index contributed by atoms with van der Waals surface area (Å²) in [7, 11) is -2.08. The fourth-order valence-electron chi connectivity index (χ4n) is 0.892. The van der Waals surface area contributed by atoms with Gasteiger partial charge >= 0.3 is 0 Å². The number of rotatable bonds is 2. The van der Waals surface area contributed by atoms with Crippen LogP contribution in [-0.4, -0.2) is 18.2 Å². The van der Waals surface area contributed by atoms with E-state index >= 15 is 0 Å². The van der Waals surface area contributed by atoms with Gasteiger partial charge in [0, 0.05) is 19.8 Å². The Morgan fingerprint density at radius 3 is 2.46 bits per heavy atom. The van der Waals surface area contributed by atoms with E-state index < -0.39 is 10.0 Å². The Labute approximate surface area is 82.4 Å². The number of nitrogens with zero attached hydrogens (tertiary/aromatic N) is 2. The molecule has 0 unspecified atom stereocenters. The van der Waals surface area contributed by atoms with E-state index in [2.05, 4.69) is 5.10 Å². The Kier molecular flexibility index (Phi) is 3.86. The van der Waals surface area contributed by atoms with Crippen LogP contribution in [0, 0.1) is 0 Å². The first-order chi connectivity index (χ1) is 5.45. The van der Waals surface area contributed by atoms with Crippen LogP contribution in [0.2, 0.25) is 0 Å². The molecule has 0 aliphatic rings. The van der Waals surface area contributed by atoms with E-state index in [1.807, 2.05) is 0 Å². The van der Waals surface area contributed by atoms with Crippen LogP contribution in [0.1, 0.15) is 5.69 Å². The summed E-state index contributed by atoms with van der Waals surface area (Å²) in [6.45, 7) is 0.0621. The first-order valence-electron chi connectivity index (χ1n) is 3.20. The molecule has 1 heterocycles. The summed E-state index contributed by atoms with van der Waals surface area (Å²) < 4.78 is 23.2. The van der Waals surface area contributed by atoms with Gasteiger partial charge in [0.1, 0.15) is 4.90 Å². The molecule has 0 radical (unpaired) electrons. The average Bonchev–Trinajstić information content (AvgIpc) is 2.29.